The Kier molecular flexibility index (Phi) is 10.5. The summed E-state index contributed by atoms with van der Waals surface area (Å²) in [5.74, 6) is -0.772. The third-order valence-corrected chi connectivity index (χ3v) is 6.50. The zero-order valence-electron chi connectivity index (χ0n) is 20.2. The number of hydrogen-bond acceptors (Lipinski definition) is 5. The van der Waals surface area contributed by atoms with Gasteiger partial charge in [0.05, 0.1) is 12.2 Å². The van der Waals surface area contributed by atoms with E-state index in [0.29, 0.717) is 25.7 Å². The maximum absolute atomic E-state index is 12.4. The molecule has 1 saturated carbocycles. The number of hydrogen-bond donors (Lipinski definition) is 2. The van der Waals surface area contributed by atoms with Gasteiger partial charge in [-0.2, -0.15) is 0 Å². The van der Waals surface area contributed by atoms with Crippen LogP contribution >= 0.6 is 0 Å². The Morgan fingerprint density at radius 3 is 2.77 bits per heavy atom. The van der Waals surface area contributed by atoms with E-state index in [1.54, 1.807) is 12.2 Å². The van der Waals surface area contributed by atoms with Gasteiger partial charge in [-0.3, -0.25) is 9.59 Å². The quantitative estimate of drug-likeness (QED) is 0.239. The van der Waals surface area contributed by atoms with Gasteiger partial charge < -0.3 is 14.9 Å². The maximum atomic E-state index is 12.4. The van der Waals surface area contributed by atoms with Gasteiger partial charge in [0.15, 0.2) is 0 Å². The summed E-state index contributed by atoms with van der Waals surface area (Å²) >= 11 is 0. The Morgan fingerprint density at radius 1 is 1.17 bits per heavy atom. The van der Waals surface area contributed by atoms with Gasteiger partial charge in [0.25, 0.3) is 0 Å². The van der Waals surface area contributed by atoms with E-state index in [1.807, 2.05) is 30.4 Å². The Balaban J connectivity index is 1.45. The van der Waals surface area contributed by atoms with Crippen LogP contribution in [0, 0.1) is 11.8 Å². The van der Waals surface area contributed by atoms with Crippen molar-refractivity contribution in [3.8, 4) is 0 Å². The first kappa shape index (κ1) is 26.6. The second-order valence-electron chi connectivity index (χ2n) is 9.17. The average molecular weight is 477 g/mol. The maximum Gasteiger partial charge on any atom is 0.306 e. The molecule has 2 aromatic rings. The summed E-state index contributed by atoms with van der Waals surface area (Å²) in [6.45, 7) is 3.74. The standard InChI is InChI=1S/C30H36O5/c1-2-19-35-30(34)12-6-4-3-5-11-26-27(29(33)21-28(26)32)18-17-25(31)16-14-22-13-15-23-9-7-8-10-24(23)20-22/h2-3,5,7-10,13,15,17-18,20,25-27,29,31,33H,1,4,6,11-12,14,16,19,21H2/b5-3-,18-17+/t25-,26+,27+,29+/m0/s1. The molecule has 0 aliphatic heterocycles. The van der Waals surface area contributed by atoms with Crippen molar-refractivity contribution in [2.75, 3.05) is 6.61 Å². The number of ether oxygens (including phenoxy) is 1. The number of carbonyl (C=O) groups excluding carboxylic acids is 2. The number of aliphatic hydroxyl groups excluding tert-OH is 2. The van der Waals surface area contributed by atoms with Gasteiger partial charge in [-0.1, -0.05) is 79.4 Å². The highest BCUT2D eigenvalue weighted by Crippen LogP contribution is 2.33. The summed E-state index contributed by atoms with van der Waals surface area (Å²) in [7, 11) is 0. The van der Waals surface area contributed by atoms with Crippen molar-refractivity contribution in [3.05, 3.63) is 85.0 Å². The molecular weight excluding hydrogens is 440 g/mol. The minimum Gasteiger partial charge on any atom is -0.461 e. The van der Waals surface area contributed by atoms with Gasteiger partial charge in [-0.15, -0.1) is 0 Å². The van der Waals surface area contributed by atoms with Gasteiger partial charge >= 0.3 is 5.97 Å². The molecule has 1 aliphatic carbocycles. The second-order valence-corrected chi connectivity index (χ2v) is 9.17. The normalized spacial score (nSPS) is 21.2. The Bertz CT molecular complexity index is 1050. The zero-order valence-corrected chi connectivity index (χ0v) is 20.2. The summed E-state index contributed by atoms with van der Waals surface area (Å²) < 4.78 is 4.94. The predicted octanol–water partition coefficient (Wildman–Crippen LogP) is 5.10. The van der Waals surface area contributed by atoms with Gasteiger partial charge in [0, 0.05) is 24.7 Å². The predicted molar refractivity (Wildman–Crippen MR) is 139 cm³/mol. The topological polar surface area (TPSA) is 83.8 Å². The SMILES string of the molecule is C=CCOC(=O)CCC/C=C\C[C@H]1C(=O)C[C@@H](O)[C@@H]1/C=C/[C@@H](O)CCc1ccc2ccccc2c1. The average Bonchev–Trinajstić information content (AvgIpc) is 3.13. The number of aryl methyl sites for hydroxylation is 1. The number of esters is 1. The monoisotopic (exact) mass is 476 g/mol. The Hall–Kier alpha value is -3.02. The van der Waals surface area contributed by atoms with Crippen LogP contribution in [0.1, 0.15) is 44.1 Å². The van der Waals surface area contributed by atoms with Gasteiger partial charge in [-0.05, 0) is 48.4 Å². The first-order chi connectivity index (χ1) is 17.0. The first-order valence-corrected chi connectivity index (χ1v) is 12.4. The molecule has 2 aromatic carbocycles. The van der Waals surface area contributed by atoms with Crippen LogP contribution in [0.15, 0.2) is 79.4 Å². The van der Waals surface area contributed by atoms with E-state index >= 15 is 0 Å². The molecule has 1 aliphatic rings. The number of unbranched alkanes of at least 4 members (excludes halogenated alkanes) is 1. The molecular formula is C30H36O5. The largest absolute Gasteiger partial charge is 0.461 e. The molecule has 4 atom stereocenters. The molecule has 0 radical (unpaired) electrons. The zero-order chi connectivity index (χ0) is 25.0. The minimum absolute atomic E-state index is 0.0513. The van der Waals surface area contributed by atoms with E-state index in [1.165, 1.54) is 16.3 Å². The van der Waals surface area contributed by atoms with Crippen molar-refractivity contribution in [1.82, 2.24) is 0 Å². The number of Topliss-reactive ketones (excluding diaryl/α,β-unsaturated/α-hetero) is 1. The molecule has 5 heteroatoms. The van der Waals surface area contributed by atoms with Crippen molar-refractivity contribution in [2.45, 2.75) is 57.2 Å². The van der Waals surface area contributed by atoms with E-state index in [0.717, 1.165) is 12.8 Å². The lowest BCUT2D eigenvalue weighted by molar-refractivity contribution is -0.142. The third-order valence-electron chi connectivity index (χ3n) is 6.50. The molecule has 5 nitrogen and oxygen atoms in total. The number of aliphatic hydroxyl groups is 2. The van der Waals surface area contributed by atoms with Crippen molar-refractivity contribution < 1.29 is 24.5 Å². The number of fused-ring (bicyclic) bond motifs is 1. The van der Waals surface area contributed by atoms with Gasteiger partial charge in [0.2, 0.25) is 0 Å². The van der Waals surface area contributed by atoms with Gasteiger partial charge in [0.1, 0.15) is 12.4 Å². The van der Waals surface area contributed by atoms with Crippen LogP contribution in [0.25, 0.3) is 10.8 Å². The number of allylic oxidation sites excluding steroid dienone is 2. The minimum atomic E-state index is -0.718. The van der Waals surface area contributed by atoms with Crippen molar-refractivity contribution in [1.29, 1.82) is 0 Å². The summed E-state index contributed by atoms with van der Waals surface area (Å²) in [4.78, 5) is 23.9. The summed E-state index contributed by atoms with van der Waals surface area (Å²) in [5, 5.41) is 23.3. The van der Waals surface area contributed by atoms with E-state index in [-0.39, 0.29) is 36.6 Å². The molecule has 0 aromatic heterocycles. The molecule has 0 unspecified atom stereocenters. The fourth-order valence-corrected chi connectivity index (χ4v) is 4.54. The summed E-state index contributed by atoms with van der Waals surface area (Å²) in [6, 6.07) is 14.5. The lowest BCUT2D eigenvalue weighted by Gasteiger charge is -2.16. The molecule has 3 rings (SSSR count). The highest BCUT2D eigenvalue weighted by atomic mass is 16.5. The molecule has 0 heterocycles. The van der Waals surface area contributed by atoms with Crippen molar-refractivity contribution in [3.63, 3.8) is 0 Å². The highest BCUT2D eigenvalue weighted by molar-refractivity contribution is 5.85. The van der Waals surface area contributed by atoms with Crippen LogP contribution in [0.3, 0.4) is 0 Å². The lowest BCUT2D eigenvalue weighted by atomic mass is 9.90. The molecule has 0 saturated heterocycles. The number of ketones is 1. The summed E-state index contributed by atoms with van der Waals surface area (Å²) in [6.07, 6.45) is 11.4. The smallest absolute Gasteiger partial charge is 0.306 e. The van der Waals surface area contributed by atoms with Crippen LogP contribution in [0.4, 0.5) is 0 Å². The van der Waals surface area contributed by atoms with Crippen LogP contribution in [-0.4, -0.2) is 40.8 Å². The first-order valence-electron chi connectivity index (χ1n) is 12.4. The van der Waals surface area contributed by atoms with E-state index in [9.17, 15) is 19.8 Å². The highest BCUT2D eigenvalue weighted by Gasteiger charge is 2.39. The molecule has 35 heavy (non-hydrogen) atoms. The van der Waals surface area contributed by atoms with Crippen LogP contribution in [0.2, 0.25) is 0 Å². The molecule has 2 N–H and O–H groups in total. The van der Waals surface area contributed by atoms with Crippen LogP contribution in [-0.2, 0) is 20.7 Å². The number of benzene rings is 2. The fourth-order valence-electron chi connectivity index (χ4n) is 4.54. The Labute approximate surface area is 207 Å². The van der Waals surface area contributed by atoms with Crippen LogP contribution in [0.5, 0.6) is 0 Å². The molecule has 1 fully saturated rings. The number of carbonyl (C=O) groups is 2. The van der Waals surface area contributed by atoms with E-state index in [4.69, 9.17) is 4.74 Å². The van der Waals surface area contributed by atoms with E-state index < -0.39 is 12.2 Å². The van der Waals surface area contributed by atoms with E-state index in [2.05, 4.69) is 36.9 Å². The van der Waals surface area contributed by atoms with Crippen molar-refractivity contribution >= 4 is 22.5 Å². The third kappa shape index (κ3) is 8.30. The van der Waals surface area contributed by atoms with Gasteiger partial charge in [-0.25, -0.2) is 0 Å². The second kappa shape index (κ2) is 13.8. The summed E-state index contributed by atoms with van der Waals surface area (Å²) in [5.41, 5.74) is 1.17. The fraction of sp³-hybridized carbons (Fsp3) is 0.400. The van der Waals surface area contributed by atoms with Crippen LogP contribution < -0.4 is 0 Å². The molecule has 0 spiro atoms. The number of rotatable bonds is 13. The molecule has 186 valence electrons. The molecule has 0 amide bonds. The lowest BCUT2D eigenvalue weighted by Crippen LogP contribution is -2.19. The Morgan fingerprint density at radius 2 is 1.97 bits per heavy atom. The van der Waals surface area contributed by atoms with Crippen molar-refractivity contribution in [2.24, 2.45) is 11.8 Å². The molecule has 0 bridgehead atoms.